The molecule has 130 valence electrons. The molecular weight excluding hydrogens is 316 g/mol. The Morgan fingerprint density at radius 2 is 1.92 bits per heavy atom. The van der Waals surface area contributed by atoms with Crippen LogP contribution in [0.1, 0.15) is 25.3 Å². The second-order valence-corrected chi connectivity index (χ2v) is 6.18. The highest BCUT2D eigenvalue weighted by Crippen LogP contribution is 2.11. The molecule has 1 aliphatic heterocycles. The number of para-hydroxylation sites is 1. The largest absolute Gasteiger partial charge is 0.350 e. The lowest BCUT2D eigenvalue weighted by atomic mass is 10.1. The Morgan fingerprint density at radius 1 is 1.20 bits per heavy atom. The minimum Gasteiger partial charge on any atom is -0.350 e. The van der Waals surface area contributed by atoms with E-state index in [1.165, 1.54) is 6.08 Å². The van der Waals surface area contributed by atoms with Crippen LogP contribution < -0.4 is 5.32 Å². The summed E-state index contributed by atoms with van der Waals surface area (Å²) in [4.78, 5) is 25.2. The van der Waals surface area contributed by atoms with Gasteiger partial charge in [0.2, 0.25) is 11.8 Å². The van der Waals surface area contributed by atoms with Gasteiger partial charge in [-0.15, -0.1) is 0 Å². The van der Waals surface area contributed by atoms with Crippen molar-refractivity contribution in [3.8, 4) is 5.69 Å². The molecule has 1 fully saturated rings. The second-order valence-electron chi connectivity index (χ2n) is 6.18. The number of amides is 2. The highest BCUT2D eigenvalue weighted by atomic mass is 16.2. The van der Waals surface area contributed by atoms with Gasteiger partial charge in [-0.3, -0.25) is 9.59 Å². The quantitative estimate of drug-likeness (QED) is 0.867. The van der Waals surface area contributed by atoms with Gasteiger partial charge in [0.05, 0.1) is 11.9 Å². The number of hydrogen-bond acceptors (Lipinski definition) is 3. The summed E-state index contributed by atoms with van der Waals surface area (Å²) in [6.07, 6.45) is 8.49. The summed E-state index contributed by atoms with van der Waals surface area (Å²) in [6, 6.07) is 9.94. The second kappa shape index (κ2) is 7.79. The molecule has 0 spiro atoms. The number of hydrogen-bond donors (Lipinski definition) is 1. The molecule has 1 N–H and O–H groups in total. The van der Waals surface area contributed by atoms with E-state index in [4.69, 9.17) is 0 Å². The number of nitrogens with one attached hydrogen (secondary N) is 1. The Bertz CT molecular complexity index is 759. The molecule has 0 saturated carbocycles. The molecule has 1 saturated heterocycles. The SMILES string of the molecule is CC(=O)N1CCC(NC(=O)C=Cc2cnn(-c3ccccc3)c2)CC1. The summed E-state index contributed by atoms with van der Waals surface area (Å²) < 4.78 is 1.77. The maximum absolute atomic E-state index is 12.1. The molecule has 2 amide bonds. The molecule has 2 aromatic rings. The van der Waals surface area contributed by atoms with Crippen LogP contribution in [0.15, 0.2) is 48.8 Å². The molecule has 0 aliphatic carbocycles. The Kier molecular flexibility index (Phi) is 5.28. The molecule has 6 heteroatoms. The number of aromatic nitrogens is 2. The Labute approximate surface area is 147 Å². The predicted octanol–water partition coefficient (Wildman–Crippen LogP) is 2.01. The van der Waals surface area contributed by atoms with Gasteiger partial charge in [-0.1, -0.05) is 18.2 Å². The van der Waals surface area contributed by atoms with E-state index in [0.717, 1.165) is 24.1 Å². The average Bonchev–Trinajstić information content (AvgIpc) is 3.10. The molecule has 2 heterocycles. The van der Waals surface area contributed by atoms with Crippen LogP contribution in [0, 0.1) is 0 Å². The number of carbonyl (C=O) groups is 2. The lowest BCUT2D eigenvalue weighted by Crippen LogP contribution is -2.45. The van der Waals surface area contributed by atoms with Gasteiger partial charge >= 0.3 is 0 Å². The van der Waals surface area contributed by atoms with E-state index in [0.29, 0.717) is 13.1 Å². The molecule has 25 heavy (non-hydrogen) atoms. The van der Waals surface area contributed by atoms with Crippen molar-refractivity contribution < 1.29 is 9.59 Å². The zero-order valence-corrected chi connectivity index (χ0v) is 14.3. The van der Waals surface area contributed by atoms with Crippen LogP contribution in [0.25, 0.3) is 11.8 Å². The number of rotatable bonds is 4. The molecule has 1 aliphatic rings. The first kappa shape index (κ1) is 17.0. The third kappa shape index (κ3) is 4.56. The van der Waals surface area contributed by atoms with E-state index in [1.54, 1.807) is 23.9 Å². The fourth-order valence-electron chi connectivity index (χ4n) is 2.90. The van der Waals surface area contributed by atoms with Gasteiger partial charge in [0.25, 0.3) is 0 Å². The molecule has 0 radical (unpaired) electrons. The summed E-state index contributed by atoms with van der Waals surface area (Å²) in [6.45, 7) is 2.99. The maximum atomic E-state index is 12.1. The smallest absolute Gasteiger partial charge is 0.244 e. The van der Waals surface area contributed by atoms with Crippen molar-refractivity contribution in [1.82, 2.24) is 20.0 Å². The van der Waals surface area contributed by atoms with Crippen LogP contribution in [-0.4, -0.2) is 45.6 Å². The summed E-state index contributed by atoms with van der Waals surface area (Å²) in [5.41, 5.74) is 1.84. The van der Waals surface area contributed by atoms with E-state index in [2.05, 4.69) is 10.4 Å². The molecule has 1 aromatic heterocycles. The van der Waals surface area contributed by atoms with E-state index in [1.807, 2.05) is 41.4 Å². The van der Waals surface area contributed by atoms with Crippen molar-refractivity contribution >= 4 is 17.9 Å². The fraction of sp³-hybridized carbons (Fsp3) is 0.316. The summed E-state index contributed by atoms with van der Waals surface area (Å²) >= 11 is 0. The third-order valence-electron chi connectivity index (χ3n) is 4.34. The van der Waals surface area contributed by atoms with Crippen molar-refractivity contribution in [3.05, 3.63) is 54.4 Å². The maximum Gasteiger partial charge on any atom is 0.244 e. The van der Waals surface area contributed by atoms with Gasteiger partial charge < -0.3 is 10.2 Å². The minimum atomic E-state index is -0.117. The molecule has 6 nitrogen and oxygen atoms in total. The molecule has 0 bridgehead atoms. The highest BCUT2D eigenvalue weighted by molar-refractivity contribution is 5.91. The Morgan fingerprint density at radius 3 is 2.60 bits per heavy atom. The zero-order valence-electron chi connectivity index (χ0n) is 14.3. The number of nitrogens with zero attached hydrogens (tertiary/aromatic N) is 3. The standard InChI is InChI=1S/C19H22N4O2/c1-15(24)22-11-9-17(10-12-22)21-19(25)8-7-16-13-20-23(14-16)18-5-3-2-4-6-18/h2-8,13-14,17H,9-12H2,1H3,(H,21,25). The third-order valence-corrected chi connectivity index (χ3v) is 4.34. The number of carbonyl (C=O) groups excluding carboxylic acids is 2. The summed E-state index contributed by atoms with van der Waals surface area (Å²) in [5, 5.41) is 7.30. The first-order chi connectivity index (χ1) is 12.1. The van der Waals surface area contributed by atoms with E-state index in [-0.39, 0.29) is 17.9 Å². The lowest BCUT2D eigenvalue weighted by molar-refractivity contribution is -0.129. The van der Waals surface area contributed by atoms with Crippen LogP contribution in [0.3, 0.4) is 0 Å². The first-order valence-electron chi connectivity index (χ1n) is 8.46. The van der Waals surface area contributed by atoms with Crippen molar-refractivity contribution in [3.63, 3.8) is 0 Å². The van der Waals surface area contributed by atoms with Crippen LogP contribution in [0.4, 0.5) is 0 Å². The van der Waals surface area contributed by atoms with Crippen molar-refractivity contribution in [2.45, 2.75) is 25.8 Å². The lowest BCUT2D eigenvalue weighted by Gasteiger charge is -2.31. The van der Waals surface area contributed by atoms with Crippen LogP contribution in [0.2, 0.25) is 0 Å². The Hall–Kier alpha value is -2.89. The molecular formula is C19H22N4O2. The zero-order chi connectivity index (χ0) is 17.6. The fourth-order valence-corrected chi connectivity index (χ4v) is 2.90. The first-order valence-corrected chi connectivity index (χ1v) is 8.46. The van der Waals surface area contributed by atoms with Gasteiger partial charge in [0.15, 0.2) is 0 Å². The van der Waals surface area contributed by atoms with Crippen molar-refractivity contribution in [1.29, 1.82) is 0 Å². The van der Waals surface area contributed by atoms with Gasteiger partial charge in [-0.05, 0) is 31.1 Å². The van der Waals surface area contributed by atoms with Gasteiger partial charge in [-0.25, -0.2) is 4.68 Å². The van der Waals surface area contributed by atoms with E-state index < -0.39 is 0 Å². The molecule has 1 aromatic carbocycles. The normalized spacial score (nSPS) is 15.5. The van der Waals surface area contributed by atoms with Gasteiger partial charge in [-0.2, -0.15) is 5.10 Å². The van der Waals surface area contributed by atoms with E-state index in [9.17, 15) is 9.59 Å². The number of likely N-dealkylation sites (tertiary alicyclic amines) is 1. The Balaban J connectivity index is 1.52. The van der Waals surface area contributed by atoms with Crippen LogP contribution in [0.5, 0.6) is 0 Å². The highest BCUT2D eigenvalue weighted by Gasteiger charge is 2.21. The summed E-state index contributed by atoms with van der Waals surface area (Å²) in [7, 11) is 0. The molecule has 0 unspecified atom stereocenters. The van der Waals surface area contributed by atoms with Gasteiger partial charge in [0.1, 0.15) is 0 Å². The molecule has 3 rings (SSSR count). The topological polar surface area (TPSA) is 67.2 Å². The average molecular weight is 338 g/mol. The predicted molar refractivity (Wildman–Crippen MR) is 96.0 cm³/mol. The van der Waals surface area contributed by atoms with Crippen molar-refractivity contribution in [2.75, 3.05) is 13.1 Å². The van der Waals surface area contributed by atoms with Crippen LogP contribution >= 0.6 is 0 Å². The monoisotopic (exact) mass is 338 g/mol. The minimum absolute atomic E-state index is 0.0973. The molecule has 0 atom stereocenters. The van der Waals surface area contributed by atoms with E-state index >= 15 is 0 Å². The van der Waals surface area contributed by atoms with Crippen LogP contribution in [-0.2, 0) is 9.59 Å². The number of piperidine rings is 1. The van der Waals surface area contributed by atoms with Crippen molar-refractivity contribution in [2.24, 2.45) is 0 Å². The summed E-state index contributed by atoms with van der Waals surface area (Å²) in [5.74, 6) is -0.0196. The van der Waals surface area contributed by atoms with Gasteiger partial charge in [0, 0.05) is 43.9 Å². The number of benzene rings is 1.